The highest BCUT2D eigenvalue weighted by Gasteiger charge is 1.94. The summed E-state index contributed by atoms with van der Waals surface area (Å²) in [5.41, 5.74) is 5.26. The van der Waals surface area contributed by atoms with Crippen LogP contribution in [-0.2, 0) is 0 Å². The molecule has 3 N–H and O–H groups in total. The first-order valence-corrected chi connectivity index (χ1v) is 2.74. The molecule has 0 spiro atoms. The molecule has 46 valence electrons. The van der Waals surface area contributed by atoms with Crippen LogP contribution in [0.25, 0.3) is 0 Å². The lowest BCUT2D eigenvalue weighted by Gasteiger charge is -2.05. The van der Waals surface area contributed by atoms with Gasteiger partial charge in [0.05, 0.1) is 6.04 Å². The van der Waals surface area contributed by atoms with Crippen LogP contribution in [0.4, 0.5) is 0 Å². The van der Waals surface area contributed by atoms with Gasteiger partial charge in [-0.1, -0.05) is 12.8 Å². The summed E-state index contributed by atoms with van der Waals surface area (Å²) >= 11 is 0. The lowest BCUT2D eigenvalue weighted by molar-refractivity contribution is 0.639. The summed E-state index contributed by atoms with van der Waals surface area (Å²) in [6.07, 6.45) is 5.08. The third kappa shape index (κ3) is 2.62. The van der Waals surface area contributed by atoms with Crippen LogP contribution in [0.1, 0.15) is 6.92 Å². The van der Waals surface area contributed by atoms with Gasteiger partial charge in [0, 0.05) is 6.54 Å². The van der Waals surface area contributed by atoms with Crippen molar-refractivity contribution >= 4 is 0 Å². The van der Waals surface area contributed by atoms with Gasteiger partial charge in [0.1, 0.15) is 0 Å². The Labute approximate surface area is 50.5 Å². The summed E-state index contributed by atoms with van der Waals surface area (Å²) in [5.74, 6) is 2.52. The molecule has 1 unspecified atom stereocenters. The topological polar surface area (TPSA) is 38.0 Å². The van der Waals surface area contributed by atoms with E-state index in [1.54, 1.807) is 0 Å². The molecule has 0 aromatic heterocycles. The number of hydrogen-bond acceptors (Lipinski definition) is 2. The number of nitrogens with two attached hydrogens (primary N) is 1. The van der Waals surface area contributed by atoms with Gasteiger partial charge in [-0.15, -0.1) is 6.42 Å². The van der Waals surface area contributed by atoms with Crippen LogP contribution in [0.15, 0.2) is 0 Å². The maximum absolute atomic E-state index is 5.26. The Bertz CT molecular complexity index is 83.0. The summed E-state index contributed by atoms with van der Waals surface area (Å²) in [5, 5.41) is 3.02. The first kappa shape index (κ1) is 7.48. The predicted octanol–water partition coefficient (Wildman–Crippen LogP) is -0.444. The molecule has 0 aromatic carbocycles. The molecule has 0 saturated carbocycles. The van der Waals surface area contributed by atoms with E-state index in [-0.39, 0.29) is 6.04 Å². The van der Waals surface area contributed by atoms with Crippen molar-refractivity contribution in [1.29, 1.82) is 0 Å². The van der Waals surface area contributed by atoms with Crippen LogP contribution < -0.4 is 11.1 Å². The molecule has 0 aliphatic heterocycles. The molecule has 1 atom stereocenters. The van der Waals surface area contributed by atoms with Crippen LogP contribution >= 0.6 is 0 Å². The van der Waals surface area contributed by atoms with Gasteiger partial charge < -0.3 is 11.1 Å². The average Bonchev–Trinajstić information content (AvgIpc) is 1.83. The molecular formula is C6H12N2. The van der Waals surface area contributed by atoms with Gasteiger partial charge in [-0.05, 0) is 6.54 Å². The molecule has 0 amide bonds. The zero-order chi connectivity index (χ0) is 6.41. The minimum atomic E-state index is 0.0556. The van der Waals surface area contributed by atoms with Gasteiger partial charge in [-0.3, -0.25) is 0 Å². The molecule has 0 aromatic rings. The minimum Gasteiger partial charge on any atom is -0.328 e. The lowest BCUT2D eigenvalue weighted by atomic mass is 10.3. The summed E-state index contributed by atoms with van der Waals surface area (Å²) < 4.78 is 0. The fourth-order valence-electron chi connectivity index (χ4n) is 0.457. The summed E-state index contributed by atoms with van der Waals surface area (Å²) in [4.78, 5) is 0. The number of terminal acetylenes is 1. The summed E-state index contributed by atoms with van der Waals surface area (Å²) in [6, 6.07) is 0.0556. The Hall–Kier alpha value is -0.520. The highest BCUT2D eigenvalue weighted by atomic mass is 14.9. The largest absolute Gasteiger partial charge is 0.328 e. The molecule has 8 heavy (non-hydrogen) atoms. The van der Waals surface area contributed by atoms with Crippen LogP contribution in [0.5, 0.6) is 0 Å². The Kier molecular flexibility index (Phi) is 4.33. The van der Waals surface area contributed by atoms with E-state index in [0.29, 0.717) is 6.54 Å². The molecule has 2 nitrogen and oxygen atoms in total. The van der Waals surface area contributed by atoms with Crippen molar-refractivity contribution in [2.45, 2.75) is 13.0 Å². The maximum Gasteiger partial charge on any atom is 0.0810 e. The van der Waals surface area contributed by atoms with Gasteiger partial charge in [-0.2, -0.15) is 0 Å². The van der Waals surface area contributed by atoms with E-state index in [2.05, 4.69) is 11.2 Å². The van der Waals surface area contributed by atoms with E-state index in [1.165, 1.54) is 0 Å². The van der Waals surface area contributed by atoms with Gasteiger partial charge in [0.25, 0.3) is 0 Å². The van der Waals surface area contributed by atoms with E-state index < -0.39 is 0 Å². The van der Waals surface area contributed by atoms with Crippen LogP contribution in [0, 0.1) is 12.3 Å². The average molecular weight is 112 g/mol. The highest BCUT2D eigenvalue weighted by molar-refractivity contribution is 4.98. The molecule has 0 aliphatic carbocycles. The SMILES string of the molecule is C#CC(CN)NCC. The third-order valence-corrected chi connectivity index (χ3v) is 0.887. The fraction of sp³-hybridized carbons (Fsp3) is 0.667. The highest BCUT2D eigenvalue weighted by Crippen LogP contribution is 1.71. The molecule has 0 bridgehead atoms. The van der Waals surface area contributed by atoms with Gasteiger partial charge in [-0.25, -0.2) is 0 Å². The Morgan fingerprint density at radius 1 is 1.88 bits per heavy atom. The van der Waals surface area contributed by atoms with Crippen molar-refractivity contribution in [3.8, 4) is 12.3 Å². The van der Waals surface area contributed by atoms with Crippen molar-refractivity contribution in [3.05, 3.63) is 0 Å². The summed E-state index contributed by atoms with van der Waals surface area (Å²) in [7, 11) is 0. The maximum atomic E-state index is 5.26. The first-order chi connectivity index (χ1) is 3.85. The zero-order valence-electron chi connectivity index (χ0n) is 5.15. The molecule has 0 saturated heterocycles. The second kappa shape index (κ2) is 4.63. The van der Waals surface area contributed by atoms with Crippen LogP contribution in [-0.4, -0.2) is 19.1 Å². The number of hydrogen-bond donors (Lipinski definition) is 2. The summed E-state index contributed by atoms with van der Waals surface area (Å²) in [6.45, 7) is 3.40. The number of nitrogens with one attached hydrogen (secondary N) is 1. The minimum absolute atomic E-state index is 0.0556. The van der Waals surface area contributed by atoms with Crippen molar-refractivity contribution in [2.24, 2.45) is 5.73 Å². The van der Waals surface area contributed by atoms with E-state index >= 15 is 0 Å². The second-order valence-corrected chi connectivity index (χ2v) is 1.51. The van der Waals surface area contributed by atoms with Crippen molar-refractivity contribution in [2.75, 3.05) is 13.1 Å². The lowest BCUT2D eigenvalue weighted by Crippen LogP contribution is -2.34. The molecule has 0 fully saturated rings. The molecule has 2 heteroatoms. The normalized spacial score (nSPS) is 12.6. The third-order valence-electron chi connectivity index (χ3n) is 0.887. The Morgan fingerprint density at radius 2 is 2.50 bits per heavy atom. The van der Waals surface area contributed by atoms with Gasteiger partial charge in [0.15, 0.2) is 0 Å². The molecule has 0 rings (SSSR count). The molecule has 0 aliphatic rings. The van der Waals surface area contributed by atoms with Gasteiger partial charge in [0.2, 0.25) is 0 Å². The molecule has 0 heterocycles. The monoisotopic (exact) mass is 112 g/mol. The molecular weight excluding hydrogens is 100 g/mol. The van der Waals surface area contributed by atoms with Crippen molar-refractivity contribution in [3.63, 3.8) is 0 Å². The Balaban J connectivity index is 3.26. The van der Waals surface area contributed by atoms with E-state index in [0.717, 1.165) is 6.54 Å². The zero-order valence-corrected chi connectivity index (χ0v) is 5.15. The standard InChI is InChI=1S/C6H12N2/c1-3-6(5-7)8-4-2/h1,6,8H,4-5,7H2,2H3. The number of rotatable bonds is 3. The molecule has 0 radical (unpaired) electrons. The van der Waals surface area contributed by atoms with Crippen LogP contribution in [0.2, 0.25) is 0 Å². The van der Waals surface area contributed by atoms with E-state index in [4.69, 9.17) is 12.2 Å². The van der Waals surface area contributed by atoms with E-state index in [9.17, 15) is 0 Å². The van der Waals surface area contributed by atoms with Gasteiger partial charge >= 0.3 is 0 Å². The smallest absolute Gasteiger partial charge is 0.0810 e. The van der Waals surface area contributed by atoms with E-state index in [1.807, 2.05) is 6.92 Å². The number of likely N-dealkylation sites (N-methyl/N-ethyl adjacent to an activating group) is 1. The Morgan fingerprint density at radius 3 is 2.62 bits per heavy atom. The fourth-order valence-corrected chi connectivity index (χ4v) is 0.457. The van der Waals surface area contributed by atoms with Crippen molar-refractivity contribution < 1.29 is 0 Å². The van der Waals surface area contributed by atoms with Crippen molar-refractivity contribution in [1.82, 2.24) is 5.32 Å². The second-order valence-electron chi connectivity index (χ2n) is 1.51. The first-order valence-electron chi connectivity index (χ1n) is 2.74. The predicted molar refractivity (Wildman–Crippen MR) is 35.4 cm³/mol. The van der Waals surface area contributed by atoms with Crippen LogP contribution in [0.3, 0.4) is 0 Å². The quantitative estimate of drug-likeness (QED) is 0.486.